The van der Waals surface area contributed by atoms with Crippen molar-refractivity contribution in [1.82, 2.24) is 10.3 Å². The Morgan fingerprint density at radius 2 is 2.50 bits per heavy atom. The summed E-state index contributed by atoms with van der Waals surface area (Å²) < 4.78 is 26.1. The first kappa shape index (κ1) is 11.8. The molecule has 1 aromatic heterocycles. The molecule has 2 heterocycles. The van der Waals surface area contributed by atoms with Gasteiger partial charge in [-0.25, -0.2) is 13.4 Å². The van der Waals surface area contributed by atoms with Gasteiger partial charge in [-0.15, -0.1) is 11.3 Å². The Hall–Kier alpha value is -0.660. The van der Waals surface area contributed by atoms with Gasteiger partial charge in [-0.2, -0.15) is 0 Å². The Balaban J connectivity index is 1.92. The lowest BCUT2D eigenvalue weighted by Crippen LogP contribution is -2.35. The highest BCUT2D eigenvalue weighted by atomic mass is 32.2. The molecule has 2 rings (SSSR count). The lowest BCUT2D eigenvalue weighted by molar-refractivity contribution is 0.404. The van der Waals surface area contributed by atoms with Gasteiger partial charge in [0.25, 0.3) is 0 Å². The minimum atomic E-state index is -3.25. The number of rotatable bonds is 4. The van der Waals surface area contributed by atoms with Gasteiger partial charge >= 0.3 is 0 Å². The summed E-state index contributed by atoms with van der Waals surface area (Å²) in [6, 6.07) is 0. The van der Waals surface area contributed by atoms with E-state index >= 15 is 0 Å². The van der Waals surface area contributed by atoms with Crippen LogP contribution in [0.3, 0.4) is 0 Å². The fourth-order valence-corrected chi connectivity index (χ4v) is 4.08. The fourth-order valence-electron chi connectivity index (χ4n) is 1.83. The molecule has 0 aromatic carbocycles. The van der Waals surface area contributed by atoms with Crippen LogP contribution in [0.15, 0.2) is 11.6 Å². The molecule has 1 fully saturated rings. The van der Waals surface area contributed by atoms with E-state index in [1.54, 1.807) is 11.6 Å². The molecule has 16 heavy (non-hydrogen) atoms. The van der Waals surface area contributed by atoms with Crippen LogP contribution in [0.1, 0.15) is 12.8 Å². The van der Waals surface area contributed by atoms with Gasteiger partial charge in [-0.1, -0.05) is 0 Å². The third kappa shape index (κ3) is 3.43. The smallest absolute Gasteiger partial charge is 0.234 e. The van der Waals surface area contributed by atoms with Gasteiger partial charge in [0.2, 0.25) is 10.0 Å². The Morgan fingerprint density at radius 3 is 3.12 bits per heavy atom. The summed E-state index contributed by atoms with van der Waals surface area (Å²) in [5, 5.41) is 5.41. The van der Waals surface area contributed by atoms with E-state index in [-0.39, 0.29) is 11.7 Å². The second kappa shape index (κ2) is 5.11. The molecule has 1 unspecified atom stereocenters. The Labute approximate surface area is 99.3 Å². The molecule has 5 nitrogen and oxygen atoms in total. The van der Waals surface area contributed by atoms with Gasteiger partial charge in [0.05, 0.1) is 5.75 Å². The van der Waals surface area contributed by atoms with Crippen molar-refractivity contribution in [3.8, 4) is 0 Å². The summed E-state index contributed by atoms with van der Waals surface area (Å²) in [5.41, 5.74) is 0. The van der Waals surface area contributed by atoms with Crippen LogP contribution in [0.4, 0.5) is 5.13 Å². The number of aromatic nitrogens is 1. The molecule has 1 atom stereocenters. The molecule has 0 amide bonds. The summed E-state index contributed by atoms with van der Waals surface area (Å²) in [7, 11) is -3.25. The quantitative estimate of drug-likeness (QED) is 0.844. The zero-order valence-electron chi connectivity index (χ0n) is 8.85. The van der Waals surface area contributed by atoms with Crippen LogP contribution in [0.5, 0.6) is 0 Å². The number of nitrogens with one attached hydrogen (secondary N) is 2. The van der Waals surface area contributed by atoms with E-state index in [1.807, 2.05) is 0 Å². The first-order chi connectivity index (χ1) is 7.66. The standard InChI is InChI=1S/C9H15N3O2S2/c13-16(14,12-9-11-4-5-15-9)7-8-2-1-3-10-6-8/h4-5,8,10H,1-3,6-7H2,(H,11,12). The Kier molecular flexibility index (Phi) is 3.78. The molecule has 1 aliphatic rings. The number of anilines is 1. The van der Waals surface area contributed by atoms with E-state index in [4.69, 9.17) is 0 Å². The SMILES string of the molecule is O=S(=O)(CC1CCCNC1)Nc1nccs1. The van der Waals surface area contributed by atoms with E-state index < -0.39 is 10.0 Å². The Bertz CT molecular complexity index is 410. The molecule has 1 aliphatic heterocycles. The molecule has 7 heteroatoms. The monoisotopic (exact) mass is 261 g/mol. The van der Waals surface area contributed by atoms with Crippen molar-refractivity contribution in [3.05, 3.63) is 11.6 Å². The van der Waals surface area contributed by atoms with Gasteiger partial charge < -0.3 is 5.32 Å². The minimum absolute atomic E-state index is 0.180. The highest BCUT2D eigenvalue weighted by Crippen LogP contribution is 2.16. The van der Waals surface area contributed by atoms with Gasteiger partial charge in [0.1, 0.15) is 0 Å². The second-order valence-electron chi connectivity index (χ2n) is 3.93. The van der Waals surface area contributed by atoms with Crippen LogP contribution in [0.2, 0.25) is 0 Å². The van der Waals surface area contributed by atoms with E-state index in [0.29, 0.717) is 5.13 Å². The van der Waals surface area contributed by atoms with Crippen molar-refractivity contribution in [2.45, 2.75) is 12.8 Å². The third-order valence-corrected chi connectivity index (χ3v) is 4.76. The average molecular weight is 261 g/mol. The summed E-state index contributed by atoms with van der Waals surface area (Å²) in [6.07, 6.45) is 3.62. The zero-order chi connectivity index (χ0) is 11.4. The zero-order valence-corrected chi connectivity index (χ0v) is 10.5. The molecule has 1 aromatic rings. The van der Waals surface area contributed by atoms with Crippen molar-refractivity contribution >= 4 is 26.5 Å². The van der Waals surface area contributed by atoms with Crippen LogP contribution < -0.4 is 10.0 Å². The van der Waals surface area contributed by atoms with Crippen molar-refractivity contribution in [3.63, 3.8) is 0 Å². The van der Waals surface area contributed by atoms with Crippen LogP contribution in [-0.4, -0.2) is 32.2 Å². The maximum absolute atomic E-state index is 11.8. The summed E-state index contributed by atoms with van der Waals surface area (Å²) in [5.74, 6) is 0.394. The van der Waals surface area contributed by atoms with Crippen molar-refractivity contribution < 1.29 is 8.42 Å². The normalized spacial score (nSPS) is 21.9. The molecule has 2 N–H and O–H groups in total. The predicted molar refractivity (Wildman–Crippen MR) is 65.1 cm³/mol. The summed E-state index contributed by atoms with van der Waals surface area (Å²) >= 11 is 1.29. The van der Waals surface area contributed by atoms with Gasteiger partial charge in [0.15, 0.2) is 5.13 Å². The first-order valence-corrected chi connectivity index (χ1v) is 7.79. The lowest BCUT2D eigenvalue weighted by atomic mass is 10.0. The number of sulfonamides is 1. The van der Waals surface area contributed by atoms with E-state index in [1.165, 1.54) is 11.3 Å². The van der Waals surface area contributed by atoms with Crippen LogP contribution in [-0.2, 0) is 10.0 Å². The molecule has 0 saturated carbocycles. The van der Waals surface area contributed by atoms with Crippen molar-refractivity contribution in [2.75, 3.05) is 23.6 Å². The molecule has 90 valence electrons. The van der Waals surface area contributed by atoms with E-state index in [0.717, 1.165) is 25.9 Å². The maximum atomic E-state index is 11.8. The maximum Gasteiger partial charge on any atom is 0.234 e. The fraction of sp³-hybridized carbons (Fsp3) is 0.667. The van der Waals surface area contributed by atoms with Gasteiger partial charge in [0, 0.05) is 11.6 Å². The topological polar surface area (TPSA) is 71.1 Å². The molecule has 0 aliphatic carbocycles. The minimum Gasteiger partial charge on any atom is -0.316 e. The largest absolute Gasteiger partial charge is 0.316 e. The number of thiazole rings is 1. The highest BCUT2D eigenvalue weighted by molar-refractivity contribution is 7.92. The highest BCUT2D eigenvalue weighted by Gasteiger charge is 2.21. The average Bonchev–Trinajstić information content (AvgIpc) is 2.70. The van der Waals surface area contributed by atoms with Crippen molar-refractivity contribution in [1.29, 1.82) is 0 Å². The molecular weight excluding hydrogens is 246 g/mol. The van der Waals surface area contributed by atoms with Crippen LogP contribution in [0, 0.1) is 5.92 Å². The molecule has 0 radical (unpaired) electrons. The molecule has 0 bridgehead atoms. The molecular formula is C9H15N3O2S2. The Morgan fingerprint density at radius 1 is 1.62 bits per heavy atom. The summed E-state index contributed by atoms with van der Waals surface area (Å²) in [4.78, 5) is 3.91. The van der Waals surface area contributed by atoms with Crippen LogP contribution >= 0.6 is 11.3 Å². The summed E-state index contributed by atoms with van der Waals surface area (Å²) in [6.45, 7) is 1.79. The number of hydrogen-bond donors (Lipinski definition) is 2. The van der Waals surface area contributed by atoms with Crippen LogP contribution in [0.25, 0.3) is 0 Å². The van der Waals surface area contributed by atoms with E-state index in [9.17, 15) is 8.42 Å². The number of hydrogen-bond acceptors (Lipinski definition) is 5. The molecule has 1 saturated heterocycles. The number of nitrogens with zero attached hydrogens (tertiary/aromatic N) is 1. The van der Waals surface area contributed by atoms with Gasteiger partial charge in [-0.3, -0.25) is 4.72 Å². The van der Waals surface area contributed by atoms with E-state index in [2.05, 4.69) is 15.0 Å². The number of piperidine rings is 1. The molecule has 0 spiro atoms. The third-order valence-electron chi connectivity index (χ3n) is 2.53. The second-order valence-corrected chi connectivity index (χ2v) is 6.59. The van der Waals surface area contributed by atoms with Crippen molar-refractivity contribution in [2.24, 2.45) is 5.92 Å². The predicted octanol–water partition coefficient (Wildman–Crippen LogP) is 0.884. The first-order valence-electron chi connectivity index (χ1n) is 5.26. The lowest BCUT2D eigenvalue weighted by Gasteiger charge is -2.22. The van der Waals surface area contributed by atoms with Gasteiger partial charge in [-0.05, 0) is 31.8 Å².